The number of fused-ring (bicyclic) bond motifs is 1. The van der Waals surface area contributed by atoms with Crippen molar-refractivity contribution in [3.63, 3.8) is 0 Å². The van der Waals surface area contributed by atoms with Crippen molar-refractivity contribution in [1.82, 2.24) is 0 Å². The lowest BCUT2D eigenvalue weighted by atomic mass is 9.48. The molecule has 0 saturated heterocycles. The van der Waals surface area contributed by atoms with E-state index in [4.69, 9.17) is 10.5 Å². The third kappa shape index (κ3) is 3.05. The van der Waals surface area contributed by atoms with Crippen LogP contribution in [0.2, 0.25) is 0 Å². The van der Waals surface area contributed by atoms with Crippen LogP contribution >= 0.6 is 0 Å². The standard InChI is InChI=1S/C28H29NO2/c1-31-26-7-6-23(21-2-3-22-12-24(27(29)30)5-4-20(22)11-21)13-25(26)28-14-17-8-18(15-28)10-19(9-17)16-28/h2-7,11-13,17-19H,8-10,14-16H2,1H3,(H2,29,30). The summed E-state index contributed by atoms with van der Waals surface area (Å²) in [6.45, 7) is 0. The number of rotatable bonds is 4. The Hall–Kier alpha value is -2.81. The second-order valence-corrected chi connectivity index (χ2v) is 10.3. The topological polar surface area (TPSA) is 52.3 Å². The molecule has 0 radical (unpaired) electrons. The molecule has 3 aromatic rings. The largest absolute Gasteiger partial charge is 0.496 e. The number of ether oxygens (including phenoxy) is 1. The van der Waals surface area contributed by atoms with Crippen LogP contribution in [0.25, 0.3) is 21.9 Å². The van der Waals surface area contributed by atoms with Gasteiger partial charge in [0.1, 0.15) is 5.75 Å². The van der Waals surface area contributed by atoms with Crippen LogP contribution in [0.15, 0.2) is 54.6 Å². The summed E-state index contributed by atoms with van der Waals surface area (Å²) in [4.78, 5) is 11.5. The molecule has 0 aliphatic heterocycles. The van der Waals surface area contributed by atoms with Gasteiger partial charge in [-0.25, -0.2) is 0 Å². The Kier molecular flexibility index (Phi) is 4.18. The summed E-state index contributed by atoms with van der Waals surface area (Å²) in [5.74, 6) is 3.37. The van der Waals surface area contributed by atoms with Gasteiger partial charge in [0.25, 0.3) is 0 Å². The quantitative estimate of drug-likeness (QED) is 0.565. The Bertz CT molecular complexity index is 1160. The number of benzene rings is 3. The first-order valence-electron chi connectivity index (χ1n) is 11.6. The third-order valence-corrected chi connectivity index (χ3v) is 8.27. The van der Waals surface area contributed by atoms with E-state index in [1.165, 1.54) is 55.2 Å². The molecule has 4 fully saturated rings. The van der Waals surface area contributed by atoms with E-state index in [-0.39, 0.29) is 5.91 Å². The molecule has 4 aliphatic carbocycles. The molecule has 3 heteroatoms. The number of amides is 1. The molecule has 0 spiro atoms. The Morgan fingerprint density at radius 3 is 2.06 bits per heavy atom. The van der Waals surface area contributed by atoms with E-state index in [1.54, 1.807) is 0 Å². The fraction of sp³-hybridized carbons (Fsp3) is 0.393. The smallest absolute Gasteiger partial charge is 0.248 e. The predicted molar refractivity (Wildman–Crippen MR) is 124 cm³/mol. The van der Waals surface area contributed by atoms with Crippen molar-refractivity contribution in [2.24, 2.45) is 23.5 Å². The van der Waals surface area contributed by atoms with Crippen LogP contribution in [-0.4, -0.2) is 13.0 Å². The van der Waals surface area contributed by atoms with Gasteiger partial charge in [-0.2, -0.15) is 0 Å². The minimum Gasteiger partial charge on any atom is -0.496 e. The summed E-state index contributed by atoms with van der Waals surface area (Å²) in [5.41, 5.74) is 10.2. The number of hydrogen-bond acceptors (Lipinski definition) is 2. The molecule has 1 amide bonds. The maximum Gasteiger partial charge on any atom is 0.248 e. The highest BCUT2D eigenvalue weighted by atomic mass is 16.5. The average Bonchev–Trinajstić information content (AvgIpc) is 2.77. The molecule has 4 bridgehead atoms. The number of methoxy groups -OCH3 is 1. The van der Waals surface area contributed by atoms with Gasteiger partial charge < -0.3 is 10.5 Å². The van der Waals surface area contributed by atoms with Crippen molar-refractivity contribution in [3.8, 4) is 16.9 Å². The van der Waals surface area contributed by atoms with E-state index in [9.17, 15) is 4.79 Å². The minimum atomic E-state index is -0.388. The number of carbonyl (C=O) groups excluding carboxylic acids is 1. The molecule has 2 N–H and O–H groups in total. The zero-order valence-electron chi connectivity index (χ0n) is 18.1. The summed E-state index contributed by atoms with van der Waals surface area (Å²) in [6, 6.07) is 18.9. The zero-order chi connectivity index (χ0) is 21.2. The van der Waals surface area contributed by atoms with Crippen LogP contribution in [-0.2, 0) is 5.41 Å². The molecule has 0 heterocycles. The molecule has 158 valence electrons. The van der Waals surface area contributed by atoms with Gasteiger partial charge in [-0.1, -0.05) is 24.3 Å². The Morgan fingerprint density at radius 1 is 0.839 bits per heavy atom. The van der Waals surface area contributed by atoms with Crippen LogP contribution in [0, 0.1) is 17.8 Å². The van der Waals surface area contributed by atoms with Crippen LogP contribution < -0.4 is 10.5 Å². The van der Waals surface area contributed by atoms with Crippen LogP contribution in [0.4, 0.5) is 0 Å². The Morgan fingerprint density at radius 2 is 1.42 bits per heavy atom. The van der Waals surface area contributed by atoms with E-state index in [2.05, 4.69) is 36.4 Å². The van der Waals surface area contributed by atoms with Gasteiger partial charge in [0.2, 0.25) is 5.91 Å². The molecule has 0 unspecified atom stereocenters. The van der Waals surface area contributed by atoms with Crippen molar-refractivity contribution in [2.45, 2.75) is 43.9 Å². The lowest BCUT2D eigenvalue weighted by Gasteiger charge is -2.57. The number of carbonyl (C=O) groups is 1. The van der Waals surface area contributed by atoms with Crippen molar-refractivity contribution < 1.29 is 9.53 Å². The molecule has 4 aliphatic rings. The first kappa shape index (κ1) is 18.9. The second kappa shape index (κ2) is 6.85. The number of primary amides is 1. The summed E-state index contributed by atoms with van der Waals surface area (Å²) in [6.07, 6.45) is 8.31. The van der Waals surface area contributed by atoms with E-state index in [0.29, 0.717) is 11.0 Å². The third-order valence-electron chi connectivity index (χ3n) is 8.27. The van der Waals surface area contributed by atoms with Crippen molar-refractivity contribution >= 4 is 16.7 Å². The number of nitrogens with two attached hydrogens (primary N) is 1. The fourth-order valence-corrected chi connectivity index (χ4v) is 7.32. The lowest BCUT2D eigenvalue weighted by molar-refractivity contribution is -0.00613. The lowest BCUT2D eigenvalue weighted by Crippen LogP contribution is -2.48. The highest BCUT2D eigenvalue weighted by Gasteiger charge is 2.52. The van der Waals surface area contributed by atoms with Crippen molar-refractivity contribution in [3.05, 3.63) is 65.7 Å². The molecule has 0 aromatic heterocycles. The van der Waals surface area contributed by atoms with Crippen LogP contribution in [0.1, 0.15) is 54.4 Å². The second-order valence-electron chi connectivity index (χ2n) is 10.3. The summed E-state index contributed by atoms with van der Waals surface area (Å²) in [5, 5.41) is 2.16. The van der Waals surface area contributed by atoms with Gasteiger partial charge in [-0.3, -0.25) is 4.79 Å². The van der Waals surface area contributed by atoms with Crippen molar-refractivity contribution in [2.75, 3.05) is 7.11 Å². The highest BCUT2D eigenvalue weighted by molar-refractivity contribution is 5.98. The molecule has 0 atom stereocenters. The molecule has 3 aromatic carbocycles. The van der Waals surface area contributed by atoms with Gasteiger partial charge >= 0.3 is 0 Å². The monoisotopic (exact) mass is 411 g/mol. The van der Waals surface area contributed by atoms with E-state index in [1.807, 2.05) is 25.3 Å². The minimum absolute atomic E-state index is 0.295. The van der Waals surface area contributed by atoms with Gasteiger partial charge in [-0.05, 0) is 114 Å². The maximum absolute atomic E-state index is 11.5. The first-order valence-corrected chi connectivity index (χ1v) is 11.6. The molecular weight excluding hydrogens is 382 g/mol. The summed E-state index contributed by atoms with van der Waals surface area (Å²) in [7, 11) is 1.81. The highest BCUT2D eigenvalue weighted by Crippen LogP contribution is 2.62. The van der Waals surface area contributed by atoms with Crippen LogP contribution in [0.3, 0.4) is 0 Å². The fourth-order valence-electron chi connectivity index (χ4n) is 7.32. The van der Waals surface area contributed by atoms with Gasteiger partial charge in [0.15, 0.2) is 0 Å². The van der Waals surface area contributed by atoms with E-state index < -0.39 is 0 Å². The van der Waals surface area contributed by atoms with Crippen LogP contribution in [0.5, 0.6) is 5.75 Å². The van der Waals surface area contributed by atoms with Gasteiger partial charge in [0, 0.05) is 11.1 Å². The Labute approximate surface area is 183 Å². The number of hydrogen-bond donors (Lipinski definition) is 1. The predicted octanol–water partition coefficient (Wildman–Crippen LogP) is 6.08. The molecule has 4 saturated carbocycles. The molecule has 31 heavy (non-hydrogen) atoms. The van der Waals surface area contributed by atoms with Crippen molar-refractivity contribution in [1.29, 1.82) is 0 Å². The zero-order valence-corrected chi connectivity index (χ0v) is 18.1. The van der Waals surface area contributed by atoms with Gasteiger partial charge in [0.05, 0.1) is 7.11 Å². The molecule has 3 nitrogen and oxygen atoms in total. The normalized spacial score (nSPS) is 28.7. The SMILES string of the molecule is COc1ccc(-c2ccc3cc(C(N)=O)ccc3c2)cc1C12CC3CC(CC(C3)C1)C2. The first-order chi connectivity index (χ1) is 15.0. The summed E-state index contributed by atoms with van der Waals surface area (Å²) < 4.78 is 5.89. The van der Waals surface area contributed by atoms with Gasteiger partial charge in [-0.15, -0.1) is 0 Å². The summed E-state index contributed by atoms with van der Waals surface area (Å²) >= 11 is 0. The molecular formula is C28H29NO2. The van der Waals surface area contributed by atoms with E-state index in [0.717, 1.165) is 34.3 Å². The van der Waals surface area contributed by atoms with E-state index >= 15 is 0 Å². The molecule has 7 rings (SSSR count). The average molecular weight is 412 g/mol. The Balaban J connectivity index is 1.43. The maximum atomic E-state index is 11.5.